The summed E-state index contributed by atoms with van der Waals surface area (Å²) in [5.74, 6) is -0.824. The second kappa shape index (κ2) is 13.8. The standard InChI is InChI=1S/C28H44N2O5/c1-17-12-18(2)14-20(4)27(33)21(16-29)8-5-6-11-25(22-9-7-10-23(22)28(30)34)35-26(32)15-24(31)19(3)13-17/h5-6,8,17-20,22-25,27,31,33H,7,9-15H2,1-4H3,(H2,30,34)/b6-5+,21-8+. The number of carbonyl (C=O) groups is 2. The zero-order valence-corrected chi connectivity index (χ0v) is 21.7. The van der Waals surface area contributed by atoms with E-state index in [2.05, 4.69) is 19.9 Å². The summed E-state index contributed by atoms with van der Waals surface area (Å²) in [5.41, 5.74) is 5.92. The molecule has 0 aromatic rings. The molecule has 1 amide bonds. The van der Waals surface area contributed by atoms with Crippen molar-refractivity contribution < 1.29 is 24.5 Å². The van der Waals surface area contributed by atoms with Gasteiger partial charge in [0.25, 0.3) is 0 Å². The molecule has 9 atom stereocenters. The predicted octanol–water partition coefficient (Wildman–Crippen LogP) is 4.04. The fourth-order valence-electron chi connectivity index (χ4n) is 6.01. The highest BCUT2D eigenvalue weighted by atomic mass is 16.5. The van der Waals surface area contributed by atoms with Gasteiger partial charge in [0.15, 0.2) is 0 Å². The first kappa shape index (κ1) is 29.1. The highest BCUT2D eigenvalue weighted by Gasteiger charge is 2.38. The minimum Gasteiger partial charge on any atom is -0.462 e. The normalized spacial score (nSPS) is 40.9. The van der Waals surface area contributed by atoms with Crippen LogP contribution in [0.2, 0.25) is 0 Å². The molecule has 35 heavy (non-hydrogen) atoms. The van der Waals surface area contributed by atoms with Gasteiger partial charge in [0.05, 0.1) is 30.3 Å². The number of primary amides is 1. The Morgan fingerprint density at radius 1 is 1.09 bits per heavy atom. The number of cyclic esters (lactones) is 1. The Balaban J connectivity index is 2.30. The molecule has 1 heterocycles. The number of allylic oxidation sites excluding steroid dienone is 2. The summed E-state index contributed by atoms with van der Waals surface area (Å²) < 4.78 is 5.82. The summed E-state index contributed by atoms with van der Waals surface area (Å²) in [6.07, 6.45) is 7.96. The molecular formula is C28H44N2O5. The fourth-order valence-corrected chi connectivity index (χ4v) is 6.01. The van der Waals surface area contributed by atoms with E-state index in [1.807, 2.05) is 13.8 Å². The van der Waals surface area contributed by atoms with Crippen LogP contribution in [-0.4, -0.2) is 40.4 Å². The first-order valence-electron chi connectivity index (χ1n) is 13.1. The highest BCUT2D eigenvalue weighted by Crippen LogP contribution is 2.37. The van der Waals surface area contributed by atoms with Gasteiger partial charge in [0.2, 0.25) is 5.91 Å². The second-order valence-electron chi connectivity index (χ2n) is 11.1. The van der Waals surface area contributed by atoms with Gasteiger partial charge < -0.3 is 20.7 Å². The Morgan fingerprint density at radius 2 is 1.74 bits per heavy atom. The van der Waals surface area contributed by atoms with Gasteiger partial charge >= 0.3 is 5.97 Å². The summed E-state index contributed by atoms with van der Waals surface area (Å²) in [6, 6.07) is 2.12. The topological polar surface area (TPSA) is 134 Å². The van der Waals surface area contributed by atoms with Crippen LogP contribution in [0.3, 0.4) is 0 Å². The molecule has 1 fully saturated rings. The third kappa shape index (κ3) is 8.77. The molecule has 0 saturated heterocycles. The molecule has 4 N–H and O–H groups in total. The van der Waals surface area contributed by atoms with E-state index < -0.39 is 24.3 Å². The number of carbonyl (C=O) groups excluding carboxylic acids is 2. The van der Waals surface area contributed by atoms with Crippen LogP contribution in [0.5, 0.6) is 0 Å². The monoisotopic (exact) mass is 488 g/mol. The van der Waals surface area contributed by atoms with E-state index in [4.69, 9.17) is 10.5 Å². The van der Waals surface area contributed by atoms with Crippen LogP contribution in [0.1, 0.15) is 79.1 Å². The van der Waals surface area contributed by atoms with Crippen LogP contribution in [0, 0.1) is 46.8 Å². The van der Waals surface area contributed by atoms with Crippen LogP contribution in [0.25, 0.3) is 0 Å². The van der Waals surface area contributed by atoms with Gasteiger partial charge in [-0.1, -0.05) is 46.3 Å². The minimum atomic E-state index is -0.857. The number of ether oxygens (including phenoxy) is 1. The minimum absolute atomic E-state index is 0.0667. The van der Waals surface area contributed by atoms with Gasteiger partial charge in [-0.3, -0.25) is 9.59 Å². The van der Waals surface area contributed by atoms with Crippen molar-refractivity contribution in [3.05, 3.63) is 23.8 Å². The molecule has 1 saturated carbocycles. The number of rotatable bonds is 2. The summed E-state index contributed by atoms with van der Waals surface area (Å²) in [7, 11) is 0. The fraction of sp³-hybridized carbons (Fsp3) is 0.750. The van der Waals surface area contributed by atoms with E-state index in [9.17, 15) is 25.1 Å². The zero-order chi connectivity index (χ0) is 26.1. The van der Waals surface area contributed by atoms with Crippen molar-refractivity contribution in [3.8, 4) is 6.07 Å². The third-order valence-electron chi connectivity index (χ3n) is 7.85. The lowest BCUT2D eigenvalue weighted by Gasteiger charge is -2.28. The largest absolute Gasteiger partial charge is 0.462 e. The maximum atomic E-state index is 12.8. The summed E-state index contributed by atoms with van der Waals surface area (Å²) in [4.78, 5) is 24.8. The number of amides is 1. The van der Waals surface area contributed by atoms with E-state index >= 15 is 0 Å². The van der Waals surface area contributed by atoms with Crippen molar-refractivity contribution in [2.75, 3.05) is 0 Å². The molecule has 2 rings (SSSR count). The molecule has 9 unspecified atom stereocenters. The zero-order valence-electron chi connectivity index (χ0n) is 21.7. The second-order valence-corrected chi connectivity index (χ2v) is 11.1. The summed E-state index contributed by atoms with van der Waals surface area (Å²) in [6.45, 7) is 8.21. The van der Waals surface area contributed by atoms with Crippen LogP contribution >= 0.6 is 0 Å². The van der Waals surface area contributed by atoms with Crippen molar-refractivity contribution in [3.63, 3.8) is 0 Å². The number of esters is 1. The first-order chi connectivity index (χ1) is 16.5. The van der Waals surface area contributed by atoms with Crippen LogP contribution in [0.4, 0.5) is 0 Å². The molecule has 7 nitrogen and oxygen atoms in total. The maximum absolute atomic E-state index is 12.8. The van der Waals surface area contributed by atoms with Gasteiger partial charge in [0, 0.05) is 18.3 Å². The number of hydrogen-bond acceptors (Lipinski definition) is 6. The molecule has 0 bridgehead atoms. The van der Waals surface area contributed by atoms with Crippen molar-refractivity contribution in [2.45, 2.75) is 97.4 Å². The molecule has 196 valence electrons. The molecule has 0 spiro atoms. The van der Waals surface area contributed by atoms with Crippen molar-refractivity contribution >= 4 is 11.9 Å². The summed E-state index contributed by atoms with van der Waals surface area (Å²) in [5, 5.41) is 31.1. The predicted molar refractivity (Wildman–Crippen MR) is 134 cm³/mol. The van der Waals surface area contributed by atoms with Crippen molar-refractivity contribution in [2.24, 2.45) is 41.2 Å². The Morgan fingerprint density at radius 3 is 2.37 bits per heavy atom. The average Bonchev–Trinajstić information content (AvgIpc) is 3.27. The lowest BCUT2D eigenvalue weighted by molar-refractivity contribution is -0.156. The molecule has 2 aliphatic rings. The van der Waals surface area contributed by atoms with Gasteiger partial charge in [-0.2, -0.15) is 5.26 Å². The Bertz CT molecular complexity index is 817. The number of aliphatic hydroxyl groups is 2. The van der Waals surface area contributed by atoms with E-state index in [1.165, 1.54) is 0 Å². The van der Waals surface area contributed by atoms with Crippen LogP contribution < -0.4 is 5.73 Å². The van der Waals surface area contributed by atoms with E-state index in [-0.39, 0.29) is 36.0 Å². The average molecular weight is 489 g/mol. The lowest BCUT2D eigenvalue weighted by atomic mass is 9.82. The van der Waals surface area contributed by atoms with Crippen LogP contribution in [0.15, 0.2) is 23.8 Å². The highest BCUT2D eigenvalue weighted by molar-refractivity contribution is 5.77. The quantitative estimate of drug-likeness (QED) is 0.502. The third-order valence-corrected chi connectivity index (χ3v) is 7.85. The Hall–Kier alpha value is -2.17. The van der Waals surface area contributed by atoms with Crippen molar-refractivity contribution in [1.29, 1.82) is 5.26 Å². The summed E-state index contributed by atoms with van der Waals surface area (Å²) >= 11 is 0. The molecule has 1 aliphatic heterocycles. The van der Waals surface area contributed by atoms with Gasteiger partial charge in [0.1, 0.15) is 6.10 Å². The number of aliphatic hydroxyl groups excluding tert-OH is 2. The maximum Gasteiger partial charge on any atom is 0.308 e. The van der Waals surface area contributed by atoms with Gasteiger partial charge in [-0.25, -0.2) is 0 Å². The molecule has 7 heteroatoms. The van der Waals surface area contributed by atoms with Gasteiger partial charge in [-0.05, 0) is 61.9 Å². The molecular weight excluding hydrogens is 444 g/mol. The first-order valence-corrected chi connectivity index (χ1v) is 13.1. The number of nitriles is 1. The van der Waals surface area contributed by atoms with Crippen LogP contribution in [-0.2, 0) is 14.3 Å². The molecule has 1 aliphatic carbocycles. The molecule has 0 aromatic carbocycles. The van der Waals surface area contributed by atoms with E-state index in [1.54, 1.807) is 18.2 Å². The molecule has 0 radical (unpaired) electrons. The smallest absolute Gasteiger partial charge is 0.308 e. The van der Waals surface area contributed by atoms with E-state index in [0.29, 0.717) is 30.3 Å². The number of nitrogens with two attached hydrogens (primary N) is 1. The van der Waals surface area contributed by atoms with E-state index in [0.717, 1.165) is 32.1 Å². The lowest BCUT2D eigenvalue weighted by Crippen LogP contribution is -2.36. The Labute approximate surface area is 210 Å². The van der Waals surface area contributed by atoms with Gasteiger partial charge in [-0.15, -0.1) is 0 Å². The Kier molecular flexibility index (Phi) is 11.5. The number of hydrogen-bond donors (Lipinski definition) is 3. The number of nitrogens with zero attached hydrogens (tertiary/aromatic N) is 1. The SMILES string of the molecule is CC1CC(C)CC(C)C(O)/C(C#N)=C/C=C/CC(C2CCCC2C(N)=O)OC(=O)CC(O)C(C)C1. The van der Waals surface area contributed by atoms with Crippen molar-refractivity contribution in [1.82, 2.24) is 0 Å². The molecule has 0 aromatic heterocycles.